The van der Waals surface area contributed by atoms with E-state index >= 15 is 0 Å². The van der Waals surface area contributed by atoms with Crippen molar-refractivity contribution in [2.75, 3.05) is 26.1 Å². The van der Waals surface area contributed by atoms with Crippen molar-refractivity contribution in [3.05, 3.63) is 76.1 Å². The van der Waals surface area contributed by atoms with Gasteiger partial charge in [0.1, 0.15) is 5.82 Å². The van der Waals surface area contributed by atoms with E-state index < -0.39 is 29.6 Å². The predicted octanol–water partition coefficient (Wildman–Crippen LogP) is 4.06. The third-order valence-corrected chi connectivity index (χ3v) is 6.91. The van der Waals surface area contributed by atoms with Crippen LogP contribution in [0, 0.1) is 5.82 Å². The van der Waals surface area contributed by atoms with Crippen LogP contribution >= 0.6 is 11.8 Å². The highest BCUT2D eigenvalue weighted by atomic mass is 32.2. The van der Waals surface area contributed by atoms with Crippen molar-refractivity contribution in [3.63, 3.8) is 0 Å². The molecule has 0 unspecified atom stereocenters. The van der Waals surface area contributed by atoms with Gasteiger partial charge >= 0.3 is 5.97 Å². The van der Waals surface area contributed by atoms with Gasteiger partial charge in [0.05, 0.1) is 43.0 Å². The van der Waals surface area contributed by atoms with Gasteiger partial charge in [0, 0.05) is 23.7 Å². The number of thioether (sulfide) groups is 1. The van der Waals surface area contributed by atoms with Crippen LogP contribution in [0.1, 0.15) is 19.4 Å². The molecule has 1 atom stereocenters. The number of nitrogens with zero attached hydrogens (tertiary/aromatic N) is 2. The molecule has 0 saturated carbocycles. The molecule has 0 aromatic heterocycles. The van der Waals surface area contributed by atoms with Gasteiger partial charge in [-0.2, -0.15) is 0 Å². The number of rotatable bonds is 8. The van der Waals surface area contributed by atoms with Gasteiger partial charge in [-0.1, -0.05) is 12.1 Å². The number of carbonyl (C=O) groups is 3. The number of esters is 1. The van der Waals surface area contributed by atoms with E-state index in [1.54, 1.807) is 26.0 Å². The van der Waals surface area contributed by atoms with Crippen molar-refractivity contribution >= 4 is 40.4 Å². The van der Waals surface area contributed by atoms with Gasteiger partial charge in [-0.25, -0.2) is 14.2 Å². The second-order valence-electron chi connectivity index (χ2n) is 8.27. The third kappa shape index (κ3) is 5.42. The number of carbonyl (C=O) groups excluding carboxylic acids is 3. The first-order chi connectivity index (χ1) is 18.3. The minimum absolute atomic E-state index is 0.111. The van der Waals surface area contributed by atoms with Crippen LogP contribution in [0.25, 0.3) is 0 Å². The maximum absolute atomic E-state index is 13.4. The molecule has 2 aromatic rings. The zero-order valence-electron chi connectivity index (χ0n) is 21.2. The lowest BCUT2D eigenvalue weighted by Crippen LogP contribution is -2.50. The average Bonchev–Trinajstić information content (AvgIpc) is 2.89. The molecule has 0 bridgehead atoms. The third-order valence-electron chi connectivity index (χ3n) is 5.92. The van der Waals surface area contributed by atoms with Crippen LogP contribution in [0.3, 0.4) is 0 Å². The molecular formula is C27H26FN3O6S. The number of nitrogens with one attached hydrogen (secondary N) is 1. The van der Waals surface area contributed by atoms with E-state index in [4.69, 9.17) is 14.2 Å². The molecule has 0 fully saturated rings. The number of anilines is 1. The van der Waals surface area contributed by atoms with Crippen molar-refractivity contribution < 1.29 is 33.0 Å². The van der Waals surface area contributed by atoms with E-state index in [2.05, 4.69) is 10.3 Å². The molecule has 2 aromatic carbocycles. The van der Waals surface area contributed by atoms with E-state index in [1.165, 1.54) is 49.5 Å². The first kappa shape index (κ1) is 26.9. The Labute approximate surface area is 223 Å². The standard InChI is InChI=1S/C27H26FN3O6S/c1-5-37-26(34)23-15(2)29-27-31(19(23)13-16-7-6-8-20(35-3)24(16)36-4)22(32)14-21(38-27)25(33)30-18-11-9-17(28)10-12-18/h6-12,14,19H,5,13H2,1-4H3,(H,30,33)/t19-/m1/s1. The van der Waals surface area contributed by atoms with Crippen molar-refractivity contribution in [1.82, 2.24) is 4.90 Å². The molecule has 0 aliphatic carbocycles. The van der Waals surface area contributed by atoms with Crippen molar-refractivity contribution in [1.29, 1.82) is 0 Å². The Morgan fingerprint density at radius 3 is 2.53 bits per heavy atom. The Bertz CT molecular complexity index is 1370. The van der Waals surface area contributed by atoms with Crippen LogP contribution in [-0.2, 0) is 25.5 Å². The van der Waals surface area contributed by atoms with E-state index in [9.17, 15) is 18.8 Å². The number of fused-ring (bicyclic) bond motifs is 1. The minimum atomic E-state index is -0.777. The van der Waals surface area contributed by atoms with Crippen molar-refractivity contribution in [2.24, 2.45) is 4.99 Å². The molecule has 2 aliphatic heterocycles. The minimum Gasteiger partial charge on any atom is -0.493 e. The summed E-state index contributed by atoms with van der Waals surface area (Å²) in [6, 6.07) is 9.87. The highest BCUT2D eigenvalue weighted by Gasteiger charge is 2.42. The van der Waals surface area contributed by atoms with Gasteiger partial charge in [-0.15, -0.1) is 0 Å². The molecule has 2 amide bonds. The molecule has 9 nitrogen and oxygen atoms in total. The van der Waals surface area contributed by atoms with Gasteiger partial charge in [-0.05, 0) is 55.9 Å². The molecule has 11 heteroatoms. The predicted molar refractivity (Wildman–Crippen MR) is 141 cm³/mol. The van der Waals surface area contributed by atoms with Gasteiger partial charge in [0.15, 0.2) is 16.7 Å². The lowest BCUT2D eigenvalue weighted by atomic mass is 9.94. The fraction of sp³-hybridized carbons (Fsp3) is 0.259. The van der Waals surface area contributed by atoms with Gasteiger partial charge < -0.3 is 19.5 Å². The summed E-state index contributed by atoms with van der Waals surface area (Å²) in [5.41, 5.74) is 1.69. The number of halogens is 1. The Kier molecular flexibility index (Phi) is 8.16. The summed E-state index contributed by atoms with van der Waals surface area (Å²) in [4.78, 5) is 45.4. The average molecular weight is 540 g/mol. The highest BCUT2D eigenvalue weighted by Crippen LogP contribution is 2.39. The van der Waals surface area contributed by atoms with Crippen LogP contribution < -0.4 is 14.8 Å². The Hall–Kier alpha value is -4.12. The van der Waals surface area contributed by atoms with Crippen molar-refractivity contribution in [2.45, 2.75) is 26.3 Å². The van der Waals surface area contributed by atoms with Gasteiger partial charge in [0.2, 0.25) is 0 Å². The summed E-state index contributed by atoms with van der Waals surface area (Å²) >= 11 is 1.00. The second-order valence-corrected chi connectivity index (χ2v) is 9.28. The molecule has 1 N–H and O–H groups in total. The number of methoxy groups -OCH3 is 2. The summed E-state index contributed by atoms with van der Waals surface area (Å²) in [7, 11) is 3.04. The van der Waals surface area contributed by atoms with Crippen LogP contribution in [0.5, 0.6) is 11.5 Å². The van der Waals surface area contributed by atoms with Crippen LogP contribution in [0.2, 0.25) is 0 Å². The van der Waals surface area contributed by atoms with E-state index in [0.717, 1.165) is 11.8 Å². The Morgan fingerprint density at radius 1 is 1.13 bits per heavy atom. The maximum Gasteiger partial charge on any atom is 0.337 e. The van der Waals surface area contributed by atoms with Crippen molar-refractivity contribution in [3.8, 4) is 11.5 Å². The molecule has 2 aliphatic rings. The summed E-state index contributed by atoms with van der Waals surface area (Å²) in [6.45, 7) is 3.51. The summed E-state index contributed by atoms with van der Waals surface area (Å²) in [6.07, 6.45) is 1.39. The smallest absolute Gasteiger partial charge is 0.337 e. The normalized spacial score (nSPS) is 16.8. The summed E-state index contributed by atoms with van der Waals surface area (Å²) < 4.78 is 29.5. The zero-order chi connectivity index (χ0) is 27.4. The molecule has 198 valence electrons. The van der Waals surface area contributed by atoms with E-state index in [0.29, 0.717) is 28.4 Å². The second kappa shape index (κ2) is 11.5. The Morgan fingerprint density at radius 2 is 1.87 bits per heavy atom. The molecular weight excluding hydrogens is 513 g/mol. The fourth-order valence-electron chi connectivity index (χ4n) is 4.24. The largest absolute Gasteiger partial charge is 0.493 e. The number of aliphatic imine (C=N–C) groups is 1. The van der Waals surface area contributed by atoms with E-state index in [1.807, 2.05) is 6.07 Å². The number of allylic oxidation sites excluding steroid dienone is 1. The first-order valence-corrected chi connectivity index (χ1v) is 12.5. The number of ether oxygens (including phenoxy) is 3. The maximum atomic E-state index is 13.4. The number of hydrogen-bond acceptors (Lipinski definition) is 8. The van der Waals surface area contributed by atoms with Crippen LogP contribution in [0.15, 0.2) is 69.7 Å². The molecule has 4 rings (SSSR count). The summed E-state index contributed by atoms with van der Waals surface area (Å²) in [5.74, 6) is -1.09. The molecule has 2 heterocycles. The van der Waals surface area contributed by atoms with E-state index in [-0.39, 0.29) is 28.7 Å². The van der Waals surface area contributed by atoms with Crippen LogP contribution in [-0.4, -0.2) is 54.7 Å². The fourth-order valence-corrected chi connectivity index (χ4v) is 5.24. The molecule has 38 heavy (non-hydrogen) atoms. The molecule has 0 spiro atoms. The topological polar surface area (TPSA) is 107 Å². The first-order valence-electron chi connectivity index (χ1n) is 11.7. The van der Waals surface area contributed by atoms with Gasteiger partial charge in [0.25, 0.3) is 11.8 Å². The van der Waals surface area contributed by atoms with Gasteiger partial charge in [-0.3, -0.25) is 14.5 Å². The number of para-hydroxylation sites is 1. The lowest BCUT2D eigenvalue weighted by molar-refractivity contribution is -0.139. The highest BCUT2D eigenvalue weighted by molar-refractivity contribution is 8.18. The quantitative estimate of drug-likeness (QED) is 0.505. The monoisotopic (exact) mass is 539 g/mol. The number of amides is 2. The SMILES string of the molecule is CCOC(=O)C1=C(C)N=C2SC(C(=O)Nc3ccc(F)cc3)=CC(=O)N2[C@@H]1Cc1cccc(OC)c1OC. The molecule has 0 saturated heterocycles. The zero-order valence-corrected chi connectivity index (χ0v) is 22.1. The number of benzene rings is 2. The lowest BCUT2D eigenvalue weighted by Gasteiger charge is -2.38. The number of hydrogen-bond donors (Lipinski definition) is 1. The Balaban J connectivity index is 1.71. The number of amidine groups is 1. The van der Waals surface area contributed by atoms with Crippen LogP contribution in [0.4, 0.5) is 10.1 Å². The molecule has 0 radical (unpaired) electrons. The summed E-state index contributed by atoms with van der Waals surface area (Å²) in [5, 5.41) is 2.90.